The van der Waals surface area contributed by atoms with Crippen LogP contribution in [0.25, 0.3) is 11.5 Å². The largest absolute Gasteiger partial charge is 0.354 e. The molecule has 10 heteroatoms. The number of imidazole rings is 1. The van der Waals surface area contributed by atoms with Crippen molar-refractivity contribution in [3.8, 4) is 11.5 Å². The minimum atomic E-state index is -0.537. The Labute approximate surface area is 165 Å². The van der Waals surface area contributed by atoms with Crippen LogP contribution >= 0.6 is 11.6 Å². The summed E-state index contributed by atoms with van der Waals surface area (Å²) in [6, 6.07) is 6.89. The SMILES string of the molecule is CNC(=O)c1[nH]cnc1-c1nnc2n1[C@@H](C)C(=O)N(Cc1ccccc1Cl)C2. The van der Waals surface area contributed by atoms with Gasteiger partial charge < -0.3 is 15.2 Å². The van der Waals surface area contributed by atoms with Crippen LogP contribution in [-0.4, -0.2) is 48.5 Å². The van der Waals surface area contributed by atoms with Gasteiger partial charge in [-0.15, -0.1) is 10.2 Å². The lowest BCUT2D eigenvalue weighted by Crippen LogP contribution is -2.41. The number of nitrogens with zero attached hydrogens (tertiary/aromatic N) is 5. The third kappa shape index (κ3) is 2.93. The molecule has 9 nitrogen and oxygen atoms in total. The molecule has 1 aliphatic rings. The number of carbonyl (C=O) groups is 2. The van der Waals surface area contributed by atoms with Crippen LogP contribution in [-0.2, 0) is 17.9 Å². The lowest BCUT2D eigenvalue weighted by molar-refractivity contribution is -0.137. The van der Waals surface area contributed by atoms with Gasteiger partial charge in [-0.25, -0.2) is 4.98 Å². The number of rotatable bonds is 4. The summed E-state index contributed by atoms with van der Waals surface area (Å²) in [5, 5.41) is 11.6. The van der Waals surface area contributed by atoms with Gasteiger partial charge in [-0.1, -0.05) is 29.8 Å². The maximum absolute atomic E-state index is 13.0. The van der Waals surface area contributed by atoms with Crippen LogP contribution in [0, 0.1) is 0 Å². The van der Waals surface area contributed by atoms with E-state index in [0.29, 0.717) is 35.5 Å². The fraction of sp³-hybridized carbons (Fsp3) is 0.278. The van der Waals surface area contributed by atoms with Gasteiger partial charge in [0.05, 0.1) is 12.9 Å². The smallest absolute Gasteiger partial charge is 0.269 e. The van der Waals surface area contributed by atoms with E-state index in [-0.39, 0.29) is 17.5 Å². The molecule has 0 aliphatic carbocycles. The van der Waals surface area contributed by atoms with Gasteiger partial charge in [0, 0.05) is 18.6 Å². The predicted octanol–water partition coefficient (Wildman–Crippen LogP) is 1.78. The summed E-state index contributed by atoms with van der Waals surface area (Å²) < 4.78 is 1.73. The molecule has 0 fully saturated rings. The number of hydrogen-bond acceptors (Lipinski definition) is 5. The van der Waals surface area contributed by atoms with Crippen molar-refractivity contribution in [1.82, 2.24) is 34.9 Å². The van der Waals surface area contributed by atoms with Crippen LogP contribution in [0.2, 0.25) is 5.02 Å². The van der Waals surface area contributed by atoms with E-state index in [2.05, 4.69) is 25.5 Å². The molecule has 0 radical (unpaired) electrons. The zero-order valence-electron chi connectivity index (χ0n) is 15.3. The Morgan fingerprint density at radius 1 is 1.36 bits per heavy atom. The summed E-state index contributed by atoms with van der Waals surface area (Å²) in [5.41, 5.74) is 1.50. The molecule has 28 heavy (non-hydrogen) atoms. The standard InChI is InChI=1S/C18H18ClN7O2/c1-10-18(28)25(7-11-5-3-4-6-12(11)19)8-13-23-24-16(26(10)13)14-15(17(27)20-2)22-9-21-14/h3-6,9-10H,7-8H2,1-2H3,(H,20,27)(H,21,22)/t10-/m0/s1. The molecule has 4 rings (SSSR count). The third-order valence-electron chi connectivity index (χ3n) is 4.78. The molecule has 3 heterocycles. The van der Waals surface area contributed by atoms with Crippen LogP contribution in [0.15, 0.2) is 30.6 Å². The first kappa shape index (κ1) is 18.2. The summed E-state index contributed by atoms with van der Waals surface area (Å²) in [7, 11) is 1.53. The molecule has 1 aliphatic heterocycles. The molecule has 0 saturated carbocycles. The van der Waals surface area contributed by atoms with Crippen LogP contribution in [0.1, 0.15) is 34.8 Å². The van der Waals surface area contributed by atoms with E-state index in [1.165, 1.54) is 13.4 Å². The van der Waals surface area contributed by atoms with Crippen molar-refractivity contribution in [2.75, 3.05) is 7.05 Å². The van der Waals surface area contributed by atoms with E-state index in [1.807, 2.05) is 18.2 Å². The number of nitrogens with one attached hydrogen (secondary N) is 2. The number of H-pyrrole nitrogens is 1. The molecule has 144 valence electrons. The van der Waals surface area contributed by atoms with E-state index in [0.717, 1.165) is 5.56 Å². The second-order valence-corrected chi connectivity index (χ2v) is 6.88. The fourth-order valence-corrected chi connectivity index (χ4v) is 3.55. The first-order valence-electron chi connectivity index (χ1n) is 8.73. The number of aromatic nitrogens is 5. The normalized spacial score (nSPS) is 16.2. The number of aromatic amines is 1. The molecule has 2 N–H and O–H groups in total. The molecule has 0 saturated heterocycles. The van der Waals surface area contributed by atoms with Gasteiger partial charge in [-0.05, 0) is 18.6 Å². The monoisotopic (exact) mass is 399 g/mol. The van der Waals surface area contributed by atoms with Gasteiger partial charge in [-0.3, -0.25) is 14.2 Å². The van der Waals surface area contributed by atoms with Crippen molar-refractivity contribution < 1.29 is 9.59 Å². The zero-order valence-corrected chi connectivity index (χ0v) is 16.1. The van der Waals surface area contributed by atoms with Gasteiger partial charge in [0.15, 0.2) is 11.6 Å². The minimum Gasteiger partial charge on any atom is -0.354 e. The minimum absolute atomic E-state index is 0.0782. The zero-order chi connectivity index (χ0) is 19.8. The second-order valence-electron chi connectivity index (χ2n) is 6.48. The summed E-state index contributed by atoms with van der Waals surface area (Å²) in [6.07, 6.45) is 1.42. The van der Waals surface area contributed by atoms with Crippen molar-refractivity contribution in [3.05, 3.63) is 52.7 Å². The van der Waals surface area contributed by atoms with Crippen molar-refractivity contribution in [2.24, 2.45) is 0 Å². The van der Waals surface area contributed by atoms with Crippen molar-refractivity contribution in [3.63, 3.8) is 0 Å². The van der Waals surface area contributed by atoms with E-state index in [9.17, 15) is 9.59 Å². The number of hydrogen-bond donors (Lipinski definition) is 2. The predicted molar refractivity (Wildman–Crippen MR) is 101 cm³/mol. The maximum atomic E-state index is 13.0. The van der Waals surface area contributed by atoms with Crippen molar-refractivity contribution in [2.45, 2.75) is 26.1 Å². The summed E-state index contributed by atoms with van der Waals surface area (Å²) in [6.45, 7) is 2.46. The van der Waals surface area contributed by atoms with Gasteiger partial charge >= 0.3 is 0 Å². The Morgan fingerprint density at radius 3 is 2.89 bits per heavy atom. The molecule has 1 atom stereocenters. The highest BCUT2D eigenvalue weighted by atomic mass is 35.5. The summed E-state index contributed by atoms with van der Waals surface area (Å²) in [4.78, 5) is 33.8. The van der Waals surface area contributed by atoms with E-state index in [1.54, 1.807) is 22.5 Å². The molecule has 2 amide bonds. The molecule has 0 unspecified atom stereocenters. The van der Waals surface area contributed by atoms with Crippen molar-refractivity contribution in [1.29, 1.82) is 0 Å². The average Bonchev–Trinajstić information content (AvgIpc) is 3.33. The Balaban J connectivity index is 1.69. The quantitative estimate of drug-likeness (QED) is 0.695. The Hall–Kier alpha value is -3.20. The number of amides is 2. The van der Waals surface area contributed by atoms with Crippen LogP contribution in [0.4, 0.5) is 0 Å². The molecular weight excluding hydrogens is 382 g/mol. The number of halogens is 1. The number of fused-ring (bicyclic) bond motifs is 1. The maximum Gasteiger partial charge on any atom is 0.269 e. The Morgan fingerprint density at radius 2 is 2.14 bits per heavy atom. The number of carbonyl (C=O) groups excluding carboxylic acids is 2. The highest BCUT2D eigenvalue weighted by Crippen LogP contribution is 2.30. The molecule has 0 spiro atoms. The Kier molecular flexibility index (Phi) is 4.60. The van der Waals surface area contributed by atoms with Crippen LogP contribution < -0.4 is 5.32 Å². The van der Waals surface area contributed by atoms with Crippen LogP contribution in [0.5, 0.6) is 0 Å². The lowest BCUT2D eigenvalue weighted by atomic mass is 10.1. The molecule has 2 aromatic heterocycles. The van der Waals surface area contributed by atoms with E-state index < -0.39 is 6.04 Å². The third-order valence-corrected chi connectivity index (χ3v) is 5.15. The van der Waals surface area contributed by atoms with Crippen molar-refractivity contribution >= 4 is 23.4 Å². The average molecular weight is 400 g/mol. The molecule has 0 bridgehead atoms. The van der Waals surface area contributed by atoms with E-state index >= 15 is 0 Å². The lowest BCUT2D eigenvalue weighted by Gasteiger charge is -2.32. The highest BCUT2D eigenvalue weighted by Gasteiger charge is 2.35. The topological polar surface area (TPSA) is 109 Å². The summed E-state index contributed by atoms with van der Waals surface area (Å²) >= 11 is 6.24. The first-order chi connectivity index (χ1) is 13.5. The first-order valence-corrected chi connectivity index (χ1v) is 9.10. The summed E-state index contributed by atoms with van der Waals surface area (Å²) in [5.74, 6) is 0.610. The number of benzene rings is 1. The Bertz CT molecular complexity index is 1060. The van der Waals surface area contributed by atoms with Gasteiger partial charge in [0.1, 0.15) is 17.4 Å². The van der Waals surface area contributed by atoms with Gasteiger partial charge in [0.25, 0.3) is 5.91 Å². The van der Waals surface area contributed by atoms with Gasteiger partial charge in [-0.2, -0.15) is 0 Å². The highest BCUT2D eigenvalue weighted by molar-refractivity contribution is 6.31. The second kappa shape index (κ2) is 7.08. The van der Waals surface area contributed by atoms with E-state index in [4.69, 9.17) is 11.6 Å². The molecule has 3 aromatic rings. The molecule has 1 aromatic carbocycles. The fourth-order valence-electron chi connectivity index (χ4n) is 3.35. The van der Waals surface area contributed by atoms with Gasteiger partial charge in [0.2, 0.25) is 5.91 Å². The molecular formula is C18H18ClN7O2. The van der Waals surface area contributed by atoms with Crippen LogP contribution in [0.3, 0.4) is 0 Å².